The minimum absolute atomic E-state index is 0.538. The second kappa shape index (κ2) is 10.9. The molecule has 0 aliphatic carbocycles. The van der Waals surface area contributed by atoms with E-state index in [4.69, 9.17) is 0 Å². The van der Waals surface area contributed by atoms with Gasteiger partial charge < -0.3 is 5.32 Å². The number of sulfonamides is 1. The van der Waals surface area contributed by atoms with Crippen molar-refractivity contribution >= 4 is 10.0 Å². The Morgan fingerprint density at radius 2 is 1.42 bits per heavy atom. The zero-order valence-electron chi connectivity index (χ0n) is 15.5. The quantitative estimate of drug-likeness (QED) is 0.565. The first-order chi connectivity index (χ1) is 11.3. The van der Waals surface area contributed by atoms with E-state index in [0.29, 0.717) is 6.54 Å². The van der Waals surface area contributed by atoms with Crippen LogP contribution in [0, 0.1) is 0 Å². The topological polar surface area (TPSA) is 58.2 Å². The van der Waals surface area contributed by atoms with E-state index < -0.39 is 14.8 Å². The standard InChI is InChI=1S/C19H34N2O2S/c1-19(2,3)24(22,23)21-17-10-5-9-15-20-16-11-8-14-18-12-6-4-7-13-18/h4,6-7,12-13,20-21H,5,8-11,14-17H2,1-3H3. The van der Waals surface area contributed by atoms with Crippen LogP contribution in [0.3, 0.4) is 0 Å². The summed E-state index contributed by atoms with van der Waals surface area (Å²) in [7, 11) is -3.19. The molecule has 0 atom stereocenters. The first-order valence-corrected chi connectivity index (χ1v) is 10.5. The number of aryl methyl sites for hydroxylation is 1. The van der Waals surface area contributed by atoms with Gasteiger partial charge in [0, 0.05) is 6.54 Å². The molecule has 24 heavy (non-hydrogen) atoms. The van der Waals surface area contributed by atoms with Crippen LogP contribution in [-0.2, 0) is 16.4 Å². The first kappa shape index (κ1) is 21.1. The van der Waals surface area contributed by atoms with Crippen LogP contribution < -0.4 is 10.0 Å². The molecule has 1 rings (SSSR count). The lowest BCUT2D eigenvalue weighted by atomic mass is 10.1. The number of nitrogens with one attached hydrogen (secondary N) is 2. The molecule has 0 heterocycles. The van der Waals surface area contributed by atoms with E-state index in [1.807, 2.05) is 0 Å². The lowest BCUT2D eigenvalue weighted by molar-refractivity contribution is 0.536. The summed E-state index contributed by atoms with van der Waals surface area (Å²) < 4.78 is 25.7. The summed E-state index contributed by atoms with van der Waals surface area (Å²) >= 11 is 0. The van der Waals surface area contributed by atoms with Crippen LogP contribution in [0.5, 0.6) is 0 Å². The van der Waals surface area contributed by atoms with Crippen molar-refractivity contribution in [3.05, 3.63) is 35.9 Å². The summed E-state index contributed by atoms with van der Waals surface area (Å²) in [5.74, 6) is 0. The number of unbranched alkanes of at least 4 members (excludes halogenated alkanes) is 3. The zero-order chi connectivity index (χ0) is 17.9. The minimum atomic E-state index is -3.19. The van der Waals surface area contributed by atoms with E-state index >= 15 is 0 Å². The summed E-state index contributed by atoms with van der Waals surface area (Å²) in [5, 5.41) is 3.46. The highest BCUT2D eigenvalue weighted by molar-refractivity contribution is 7.90. The molecule has 0 amide bonds. The Morgan fingerprint density at radius 3 is 2.04 bits per heavy atom. The third kappa shape index (κ3) is 8.81. The molecule has 4 nitrogen and oxygen atoms in total. The first-order valence-electron chi connectivity index (χ1n) is 9.07. The molecular formula is C19H34N2O2S. The Hall–Kier alpha value is -0.910. The SMILES string of the molecule is CC(C)(C)S(=O)(=O)NCCCCCNCCCCc1ccccc1. The van der Waals surface area contributed by atoms with E-state index in [1.165, 1.54) is 18.4 Å². The van der Waals surface area contributed by atoms with Crippen LogP contribution >= 0.6 is 0 Å². The Balaban J connectivity index is 1.91. The van der Waals surface area contributed by atoms with E-state index in [1.54, 1.807) is 20.8 Å². The third-order valence-corrected chi connectivity index (χ3v) is 6.24. The molecule has 1 aromatic carbocycles. The number of rotatable bonds is 12. The lowest BCUT2D eigenvalue weighted by Crippen LogP contribution is -2.39. The molecule has 0 radical (unpaired) electrons. The highest BCUT2D eigenvalue weighted by Gasteiger charge is 2.27. The second-order valence-electron chi connectivity index (χ2n) is 7.26. The molecule has 0 bridgehead atoms. The summed E-state index contributed by atoms with van der Waals surface area (Å²) in [6.07, 6.45) is 6.59. The van der Waals surface area contributed by atoms with Gasteiger partial charge >= 0.3 is 0 Å². The average molecular weight is 355 g/mol. The highest BCUT2D eigenvalue weighted by Crippen LogP contribution is 2.12. The Kier molecular flexibility index (Phi) is 9.56. The summed E-state index contributed by atoms with van der Waals surface area (Å²) in [6.45, 7) is 7.77. The summed E-state index contributed by atoms with van der Waals surface area (Å²) in [5.41, 5.74) is 1.41. The van der Waals surface area contributed by atoms with Crippen molar-refractivity contribution in [3.63, 3.8) is 0 Å². The van der Waals surface area contributed by atoms with Crippen LogP contribution in [0.25, 0.3) is 0 Å². The molecule has 0 aliphatic heterocycles. The van der Waals surface area contributed by atoms with Gasteiger partial charge in [-0.2, -0.15) is 0 Å². The van der Waals surface area contributed by atoms with Gasteiger partial charge in [-0.3, -0.25) is 0 Å². The highest BCUT2D eigenvalue weighted by atomic mass is 32.2. The molecule has 0 fully saturated rings. The number of hydrogen-bond donors (Lipinski definition) is 2. The van der Waals surface area contributed by atoms with E-state index in [2.05, 4.69) is 40.4 Å². The van der Waals surface area contributed by atoms with Crippen molar-refractivity contribution in [1.29, 1.82) is 0 Å². The van der Waals surface area contributed by atoms with Gasteiger partial charge in [-0.05, 0) is 71.5 Å². The molecule has 2 N–H and O–H groups in total. The van der Waals surface area contributed by atoms with Gasteiger partial charge in [-0.15, -0.1) is 0 Å². The van der Waals surface area contributed by atoms with Gasteiger partial charge in [0.2, 0.25) is 10.0 Å². The number of hydrogen-bond acceptors (Lipinski definition) is 3. The predicted octanol–water partition coefficient (Wildman–Crippen LogP) is 3.49. The normalized spacial score (nSPS) is 12.5. The van der Waals surface area contributed by atoms with Gasteiger partial charge in [0.25, 0.3) is 0 Å². The second-order valence-corrected chi connectivity index (χ2v) is 9.78. The van der Waals surface area contributed by atoms with E-state index in [-0.39, 0.29) is 0 Å². The van der Waals surface area contributed by atoms with E-state index in [0.717, 1.165) is 38.8 Å². The van der Waals surface area contributed by atoms with Crippen molar-refractivity contribution in [2.75, 3.05) is 19.6 Å². The zero-order valence-corrected chi connectivity index (χ0v) is 16.3. The maximum atomic E-state index is 11.9. The molecule has 5 heteroatoms. The van der Waals surface area contributed by atoms with E-state index in [9.17, 15) is 8.42 Å². The Bertz CT molecular complexity index is 536. The maximum absolute atomic E-state index is 11.9. The van der Waals surface area contributed by atoms with Crippen LogP contribution in [0.4, 0.5) is 0 Å². The average Bonchev–Trinajstić information content (AvgIpc) is 2.52. The van der Waals surface area contributed by atoms with Crippen LogP contribution in [0.15, 0.2) is 30.3 Å². The molecule has 0 unspecified atom stereocenters. The molecule has 0 aromatic heterocycles. The van der Waals surface area contributed by atoms with Gasteiger partial charge in [-0.25, -0.2) is 13.1 Å². The molecular weight excluding hydrogens is 320 g/mol. The lowest BCUT2D eigenvalue weighted by Gasteiger charge is -2.19. The maximum Gasteiger partial charge on any atom is 0.216 e. The monoisotopic (exact) mass is 354 g/mol. The summed E-state index contributed by atoms with van der Waals surface area (Å²) in [4.78, 5) is 0. The van der Waals surface area contributed by atoms with Crippen LogP contribution in [0.2, 0.25) is 0 Å². The molecule has 0 saturated carbocycles. The molecule has 0 saturated heterocycles. The minimum Gasteiger partial charge on any atom is -0.317 e. The number of benzene rings is 1. The largest absolute Gasteiger partial charge is 0.317 e. The Morgan fingerprint density at radius 1 is 0.833 bits per heavy atom. The van der Waals surface area contributed by atoms with Gasteiger partial charge in [0.05, 0.1) is 4.75 Å². The molecule has 138 valence electrons. The van der Waals surface area contributed by atoms with Crippen LogP contribution in [-0.4, -0.2) is 32.8 Å². The van der Waals surface area contributed by atoms with Gasteiger partial charge in [0.1, 0.15) is 0 Å². The smallest absolute Gasteiger partial charge is 0.216 e. The molecule has 0 spiro atoms. The fourth-order valence-electron chi connectivity index (χ4n) is 2.32. The fourth-order valence-corrected chi connectivity index (χ4v) is 3.17. The van der Waals surface area contributed by atoms with Crippen molar-refractivity contribution in [3.8, 4) is 0 Å². The summed E-state index contributed by atoms with van der Waals surface area (Å²) in [6, 6.07) is 10.6. The van der Waals surface area contributed by atoms with Crippen molar-refractivity contribution in [2.24, 2.45) is 0 Å². The third-order valence-electron chi connectivity index (χ3n) is 4.04. The van der Waals surface area contributed by atoms with Gasteiger partial charge in [0.15, 0.2) is 0 Å². The van der Waals surface area contributed by atoms with Crippen molar-refractivity contribution < 1.29 is 8.42 Å². The van der Waals surface area contributed by atoms with Crippen LogP contribution in [0.1, 0.15) is 58.4 Å². The van der Waals surface area contributed by atoms with Gasteiger partial charge in [-0.1, -0.05) is 36.8 Å². The molecule has 0 aliphatic rings. The fraction of sp³-hybridized carbons (Fsp3) is 0.684. The molecule has 1 aromatic rings. The van der Waals surface area contributed by atoms with Crippen molar-refractivity contribution in [1.82, 2.24) is 10.0 Å². The van der Waals surface area contributed by atoms with Crippen molar-refractivity contribution in [2.45, 2.75) is 64.0 Å². The Labute approximate surface area is 148 Å². The predicted molar refractivity (Wildman–Crippen MR) is 103 cm³/mol.